The van der Waals surface area contributed by atoms with Crippen molar-refractivity contribution in [3.8, 4) is 0 Å². The van der Waals surface area contributed by atoms with Crippen molar-refractivity contribution in [1.82, 2.24) is 0 Å². The predicted octanol–water partition coefficient (Wildman–Crippen LogP) is 4.66. The lowest BCUT2D eigenvalue weighted by atomic mass is 10.1. The molecule has 0 spiro atoms. The maximum atomic E-state index is 12.8. The first-order chi connectivity index (χ1) is 7.27. The zero-order chi connectivity index (χ0) is 11.1. The molecule has 0 N–H and O–H groups in total. The van der Waals surface area contributed by atoms with Gasteiger partial charge in [0.1, 0.15) is 6.33 Å². The van der Waals surface area contributed by atoms with E-state index in [0.29, 0.717) is 5.56 Å². The number of aryl methyl sites for hydroxylation is 1. The van der Waals surface area contributed by atoms with Gasteiger partial charge in [-0.3, -0.25) is 0 Å². The summed E-state index contributed by atoms with van der Waals surface area (Å²) in [5.41, 5.74) is 1.48. The van der Waals surface area contributed by atoms with Gasteiger partial charge in [-0.25, -0.2) is 8.78 Å². The Labute approximate surface area is 89.6 Å². The van der Waals surface area contributed by atoms with Gasteiger partial charge in [-0.15, -0.1) is 0 Å². The second kappa shape index (κ2) is 6.33. The highest BCUT2D eigenvalue weighted by atomic mass is 19.2. The van der Waals surface area contributed by atoms with Crippen LogP contribution in [-0.2, 0) is 6.42 Å². The standard InChI is InChI=1S/C13H16F2/c1-2-3-4-5-11-6-8-12(9-7-11)13(15)10-14/h6-10H,2-5H2,1H3/b13-10+. The molecule has 1 aromatic rings. The second-order valence-electron chi connectivity index (χ2n) is 3.61. The first kappa shape index (κ1) is 11.9. The molecule has 1 aromatic carbocycles. The van der Waals surface area contributed by atoms with Gasteiger partial charge in [0.2, 0.25) is 0 Å². The maximum absolute atomic E-state index is 12.8. The van der Waals surface area contributed by atoms with Crippen LogP contribution in [0.25, 0.3) is 5.83 Å². The topological polar surface area (TPSA) is 0 Å². The van der Waals surface area contributed by atoms with Crippen molar-refractivity contribution in [3.05, 3.63) is 41.7 Å². The third-order valence-corrected chi connectivity index (χ3v) is 2.39. The molecule has 0 heterocycles. The first-order valence-electron chi connectivity index (χ1n) is 5.33. The van der Waals surface area contributed by atoms with Crippen LogP contribution in [0.15, 0.2) is 30.6 Å². The zero-order valence-electron chi connectivity index (χ0n) is 8.97. The average Bonchev–Trinajstić information content (AvgIpc) is 2.29. The van der Waals surface area contributed by atoms with Gasteiger partial charge >= 0.3 is 0 Å². The fourth-order valence-electron chi connectivity index (χ4n) is 1.47. The van der Waals surface area contributed by atoms with Crippen LogP contribution in [0.1, 0.15) is 37.3 Å². The molecular formula is C13H16F2. The molecule has 0 bridgehead atoms. The van der Waals surface area contributed by atoms with E-state index in [0.717, 1.165) is 12.8 Å². The highest BCUT2D eigenvalue weighted by molar-refractivity contribution is 5.57. The van der Waals surface area contributed by atoms with Gasteiger partial charge in [-0.2, -0.15) is 0 Å². The summed E-state index contributed by atoms with van der Waals surface area (Å²) in [7, 11) is 0. The van der Waals surface area contributed by atoms with Crippen LogP contribution in [0.5, 0.6) is 0 Å². The van der Waals surface area contributed by atoms with Crippen LogP contribution in [-0.4, -0.2) is 0 Å². The van der Waals surface area contributed by atoms with Gasteiger partial charge in [-0.1, -0.05) is 44.0 Å². The van der Waals surface area contributed by atoms with Crippen molar-refractivity contribution in [2.45, 2.75) is 32.6 Å². The SMILES string of the molecule is CCCCCc1ccc(/C(F)=C\F)cc1. The third-order valence-electron chi connectivity index (χ3n) is 2.39. The second-order valence-corrected chi connectivity index (χ2v) is 3.61. The van der Waals surface area contributed by atoms with Crippen LogP contribution < -0.4 is 0 Å². The Morgan fingerprint density at radius 3 is 2.40 bits per heavy atom. The van der Waals surface area contributed by atoms with Crippen molar-refractivity contribution in [1.29, 1.82) is 0 Å². The van der Waals surface area contributed by atoms with Gasteiger partial charge in [-0.05, 0) is 18.4 Å². The molecule has 0 aliphatic heterocycles. The lowest BCUT2D eigenvalue weighted by molar-refractivity contribution is 0.671. The van der Waals surface area contributed by atoms with Crippen LogP contribution in [0, 0.1) is 0 Å². The van der Waals surface area contributed by atoms with E-state index in [1.807, 2.05) is 12.1 Å². The molecule has 0 nitrogen and oxygen atoms in total. The number of hydrogen-bond acceptors (Lipinski definition) is 0. The minimum absolute atomic E-state index is 0.00785. The fourth-order valence-corrected chi connectivity index (χ4v) is 1.47. The van der Waals surface area contributed by atoms with E-state index in [1.54, 1.807) is 12.1 Å². The van der Waals surface area contributed by atoms with Gasteiger partial charge in [0.15, 0.2) is 5.83 Å². The van der Waals surface area contributed by atoms with Crippen LogP contribution in [0.4, 0.5) is 8.78 Å². The molecule has 0 unspecified atom stereocenters. The summed E-state index contributed by atoms with van der Waals surface area (Å²) in [6.07, 6.45) is 4.55. The van der Waals surface area contributed by atoms with Gasteiger partial charge in [0, 0.05) is 5.56 Å². The summed E-state index contributed by atoms with van der Waals surface area (Å²) in [4.78, 5) is 0. The molecular weight excluding hydrogens is 194 g/mol. The molecule has 0 radical (unpaired) electrons. The molecule has 2 heteroatoms. The minimum Gasteiger partial charge on any atom is -0.212 e. The number of unbranched alkanes of at least 4 members (excludes halogenated alkanes) is 2. The third kappa shape index (κ3) is 3.82. The van der Waals surface area contributed by atoms with E-state index in [1.165, 1.54) is 18.4 Å². The van der Waals surface area contributed by atoms with Crippen LogP contribution in [0.2, 0.25) is 0 Å². The Morgan fingerprint density at radius 2 is 1.87 bits per heavy atom. The molecule has 0 fully saturated rings. The Bertz CT molecular complexity index is 312. The van der Waals surface area contributed by atoms with E-state index in [-0.39, 0.29) is 6.33 Å². The number of benzene rings is 1. The van der Waals surface area contributed by atoms with Crippen molar-refractivity contribution >= 4 is 5.83 Å². The lowest BCUT2D eigenvalue weighted by Crippen LogP contribution is -1.86. The minimum atomic E-state index is -0.810. The molecule has 0 atom stereocenters. The van der Waals surface area contributed by atoms with Crippen molar-refractivity contribution in [2.75, 3.05) is 0 Å². The Balaban J connectivity index is 2.56. The normalized spacial score (nSPS) is 11.8. The Morgan fingerprint density at radius 1 is 1.20 bits per heavy atom. The summed E-state index contributed by atoms with van der Waals surface area (Å²) >= 11 is 0. The van der Waals surface area contributed by atoms with Gasteiger partial charge in [0.05, 0.1) is 0 Å². The summed E-state index contributed by atoms with van der Waals surface area (Å²) in [6, 6.07) is 6.95. The summed E-state index contributed by atoms with van der Waals surface area (Å²) < 4.78 is 24.7. The monoisotopic (exact) mass is 210 g/mol. The average molecular weight is 210 g/mol. The number of rotatable bonds is 5. The quantitative estimate of drug-likeness (QED) is 0.620. The first-order valence-corrected chi connectivity index (χ1v) is 5.33. The summed E-state index contributed by atoms with van der Waals surface area (Å²) in [5.74, 6) is -0.810. The highest BCUT2D eigenvalue weighted by Crippen LogP contribution is 2.17. The van der Waals surface area contributed by atoms with Crippen molar-refractivity contribution in [3.63, 3.8) is 0 Å². The molecule has 0 amide bonds. The van der Waals surface area contributed by atoms with E-state index in [9.17, 15) is 8.78 Å². The van der Waals surface area contributed by atoms with Crippen molar-refractivity contribution < 1.29 is 8.78 Å². The highest BCUT2D eigenvalue weighted by Gasteiger charge is 1.99. The van der Waals surface area contributed by atoms with Crippen LogP contribution >= 0.6 is 0 Å². The number of hydrogen-bond donors (Lipinski definition) is 0. The lowest BCUT2D eigenvalue weighted by Gasteiger charge is -2.01. The summed E-state index contributed by atoms with van der Waals surface area (Å²) in [5, 5.41) is 0. The van der Waals surface area contributed by atoms with E-state index in [2.05, 4.69) is 6.92 Å². The molecule has 0 saturated heterocycles. The number of halogens is 2. The van der Waals surface area contributed by atoms with Gasteiger partial charge in [0.25, 0.3) is 0 Å². The maximum Gasteiger partial charge on any atom is 0.158 e. The van der Waals surface area contributed by atoms with E-state index in [4.69, 9.17) is 0 Å². The van der Waals surface area contributed by atoms with Crippen molar-refractivity contribution in [2.24, 2.45) is 0 Å². The van der Waals surface area contributed by atoms with E-state index >= 15 is 0 Å². The molecule has 0 aromatic heterocycles. The summed E-state index contributed by atoms with van der Waals surface area (Å²) in [6.45, 7) is 2.16. The zero-order valence-corrected chi connectivity index (χ0v) is 8.97. The van der Waals surface area contributed by atoms with Crippen LogP contribution in [0.3, 0.4) is 0 Å². The molecule has 0 saturated carbocycles. The Hall–Kier alpha value is -1.18. The predicted molar refractivity (Wildman–Crippen MR) is 59.9 cm³/mol. The Kier molecular flexibility index (Phi) is 5.02. The van der Waals surface area contributed by atoms with Gasteiger partial charge < -0.3 is 0 Å². The molecule has 82 valence electrons. The molecule has 0 aliphatic carbocycles. The van der Waals surface area contributed by atoms with E-state index < -0.39 is 5.83 Å². The smallest absolute Gasteiger partial charge is 0.158 e. The molecule has 1 rings (SSSR count). The fraction of sp³-hybridized carbons (Fsp3) is 0.385. The molecule has 0 aliphatic rings. The largest absolute Gasteiger partial charge is 0.212 e. The molecule has 15 heavy (non-hydrogen) atoms.